The average molecular weight is 421 g/mol. The van der Waals surface area contributed by atoms with E-state index < -0.39 is 0 Å². The quantitative estimate of drug-likeness (QED) is 0.644. The summed E-state index contributed by atoms with van der Waals surface area (Å²) in [6, 6.07) is 9.45. The molecule has 1 aromatic carbocycles. The number of nitrogens with one attached hydrogen (secondary N) is 1. The molecule has 1 N–H and O–H groups in total. The maximum atomic E-state index is 13.5. The largest absolute Gasteiger partial charge is 0.497 e. The lowest BCUT2D eigenvalue weighted by Crippen LogP contribution is -2.32. The maximum Gasteiger partial charge on any atom is 0.257 e. The Morgan fingerprint density at radius 2 is 1.68 bits per heavy atom. The Morgan fingerprint density at radius 1 is 1.00 bits per heavy atom. The van der Waals surface area contributed by atoms with Crippen molar-refractivity contribution in [1.29, 1.82) is 0 Å². The first-order valence-corrected chi connectivity index (χ1v) is 10.6. The number of carbonyl (C=O) groups excluding carboxylic acids is 1. The van der Waals surface area contributed by atoms with E-state index >= 15 is 0 Å². The van der Waals surface area contributed by atoms with Crippen LogP contribution >= 0.6 is 0 Å². The minimum absolute atomic E-state index is 0.00534. The number of aromatic nitrogens is 2. The number of carbonyl (C=O) groups is 1. The van der Waals surface area contributed by atoms with E-state index in [1.165, 1.54) is 0 Å². The molecule has 0 spiro atoms. The molecule has 1 saturated heterocycles. The molecule has 3 aromatic rings. The molecule has 1 fully saturated rings. The van der Waals surface area contributed by atoms with Crippen molar-refractivity contribution in [2.45, 2.75) is 32.6 Å². The normalized spacial score (nSPS) is 14.2. The Labute approximate surface area is 182 Å². The lowest BCUT2D eigenvalue weighted by molar-refractivity contribution is 0.0762. The predicted molar refractivity (Wildman–Crippen MR) is 121 cm³/mol. The van der Waals surface area contributed by atoms with E-state index in [-0.39, 0.29) is 5.91 Å². The Bertz CT molecular complexity index is 1070. The second-order valence-corrected chi connectivity index (χ2v) is 7.80. The highest BCUT2D eigenvalue weighted by Crippen LogP contribution is 2.33. The zero-order valence-corrected chi connectivity index (χ0v) is 18.3. The molecule has 0 unspecified atom stereocenters. The van der Waals surface area contributed by atoms with Crippen molar-refractivity contribution in [3.8, 4) is 11.5 Å². The number of methoxy groups -OCH3 is 2. The van der Waals surface area contributed by atoms with Crippen LogP contribution in [0.2, 0.25) is 0 Å². The average Bonchev–Trinajstić information content (AvgIpc) is 3.08. The second kappa shape index (κ2) is 9.20. The summed E-state index contributed by atoms with van der Waals surface area (Å²) in [6.45, 7) is 3.47. The molecule has 7 heteroatoms. The van der Waals surface area contributed by atoms with Crippen LogP contribution in [0.25, 0.3) is 11.0 Å². The molecule has 0 aliphatic carbocycles. The lowest BCUT2D eigenvalue weighted by atomic mass is 10.1. The van der Waals surface area contributed by atoms with Gasteiger partial charge in [0.05, 0.1) is 25.5 Å². The Kier molecular flexibility index (Phi) is 6.21. The van der Waals surface area contributed by atoms with Gasteiger partial charge in [-0.1, -0.05) is 12.8 Å². The number of likely N-dealkylation sites (tertiary alicyclic amines) is 1. The summed E-state index contributed by atoms with van der Waals surface area (Å²) in [6.07, 6.45) is 6.03. The number of fused-ring (bicyclic) bond motifs is 1. The van der Waals surface area contributed by atoms with E-state index in [4.69, 9.17) is 9.47 Å². The minimum atomic E-state index is -0.00534. The molecular formula is C24H28N4O3. The van der Waals surface area contributed by atoms with Crippen LogP contribution in [0, 0.1) is 6.92 Å². The van der Waals surface area contributed by atoms with Crippen LogP contribution in [0.15, 0.2) is 36.5 Å². The number of pyridine rings is 2. The molecule has 2 aromatic heterocycles. The van der Waals surface area contributed by atoms with Crippen molar-refractivity contribution in [3.63, 3.8) is 0 Å². The first-order valence-electron chi connectivity index (χ1n) is 10.6. The summed E-state index contributed by atoms with van der Waals surface area (Å²) in [7, 11) is 3.22. The van der Waals surface area contributed by atoms with E-state index in [0.29, 0.717) is 28.4 Å². The van der Waals surface area contributed by atoms with Crippen LogP contribution in [0.4, 0.5) is 11.4 Å². The van der Waals surface area contributed by atoms with Crippen LogP contribution in [-0.4, -0.2) is 48.1 Å². The van der Waals surface area contributed by atoms with Gasteiger partial charge in [-0.25, -0.2) is 9.97 Å². The standard InChI is InChI=1S/C24H28N4O3/c1-16-8-9-20-22(27-17-12-18(30-2)14-19(13-17)31-3)21(15-25-23(20)26-16)24(29)28-10-6-4-5-7-11-28/h8-9,12-15H,4-7,10-11H2,1-3H3,(H,25,26,27). The Morgan fingerprint density at radius 3 is 2.32 bits per heavy atom. The van der Waals surface area contributed by atoms with Crippen LogP contribution in [0.5, 0.6) is 11.5 Å². The highest BCUT2D eigenvalue weighted by Gasteiger charge is 2.23. The van der Waals surface area contributed by atoms with Crippen molar-refractivity contribution < 1.29 is 14.3 Å². The number of rotatable bonds is 5. The smallest absolute Gasteiger partial charge is 0.257 e. The third-order valence-corrected chi connectivity index (χ3v) is 5.61. The van der Waals surface area contributed by atoms with E-state index in [1.807, 2.05) is 42.2 Å². The monoisotopic (exact) mass is 420 g/mol. The zero-order chi connectivity index (χ0) is 21.8. The summed E-state index contributed by atoms with van der Waals surface area (Å²) < 4.78 is 10.8. The van der Waals surface area contributed by atoms with Crippen molar-refractivity contribution in [1.82, 2.24) is 14.9 Å². The van der Waals surface area contributed by atoms with Gasteiger partial charge in [0, 0.05) is 54.3 Å². The molecular weight excluding hydrogens is 392 g/mol. The summed E-state index contributed by atoms with van der Waals surface area (Å²) in [5, 5.41) is 4.23. The van der Waals surface area contributed by atoms with Gasteiger partial charge in [0.1, 0.15) is 11.5 Å². The van der Waals surface area contributed by atoms with Crippen LogP contribution < -0.4 is 14.8 Å². The molecule has 162 valence electrons. The third kappa shape index (κ3) is 4.55. The summed E-state index contributed by atoms with van der Waals surface area (Å²) in [5.74, 6) is 1.32. The number of hydrogen-bond acceptors (Lipinski definition) is 6. The predicted octanol–water partition coefficient (Wildman–Crippen LogP) is 4.72. The lowest BCUT2D eigenvalue weighted by Gasteiger charge is -2.23. The van der Waals surface area contributed by atoms with Gasteiger partial charge in [-0.05, 0) is 31.9 Å². The molecule has 0 saturated carbocycles. The molecule has 4 rings (SSSR count). The number of aryl methyl sites for hydroxylation is 1. The van der Waals surface area contributed by atoms with Gasteiger partial charge in [0.2, 0.25) is 0 Å². The van der Waals surface area contributed by atoms with Gasteiger partial charge < -0.3 is 19.7 Å². The second-order valence-electron chi connectivity index (χ2n) is 7.80. The summed E-state index contributed by atoms with van der Waals surface area (Å²) in [5.41, 5.74) is 3.48. The first-order chi connectivity index (χ1) is 15.1. The van der Waals surface area contributed by atoms with Crippen LogP contribution in [0.1, 0.15) is 41.7 Å². The molecule has 1 amide bonds. The van der Waals surface area contributed by atoms with Gasteiger partial charge >= 0.3 is 0 Å². The number of ether oxygens (including phenoxy) is 2. The third-order valence-electron chi connectivity index (χ3n) is 5.61. The molecule has 1 aliphatic rings. The molecule has 0 atom stereocenters. The number of benzene rings is 1. The maximum absolute atomic E-state index is 13.5. The Balaban J connectivity index is 1.81. The topological polar surface area (TPSA) is 76.6 Å². The first kappa shape index (κ1) is 20.9. The number of hydrogen-bond donors (Lipinski definition) is 1. The summed E-state index contributed by atoms with van der Waals surface area (Å²) in [4.78, 5) is 24.5. The van der Waals surface area contributed by atoms with Gasteiger partial charge in [0.25, 0.3) is 5.91 Å². The van der Waals surface area contributed by atoms with E-state index in [9.17, 15) is 4.79 Å². The molecule has 1 aliphatic heterocycles. The minimum Gasteiger partial charge on any atom is -0.497 e. The van der Waals surface area contributed by atoms with E-state index in [0.717, 1.165) is 55.5 Å². The number of anilines is 2. The number of nitrogens with zero attached hydrogens (tertiary/aromatic N) is 3. The van der Waals surface area contributed by atoms with E-state index in [2.05, 4.69) is 15.3 Å². The molecule has 31 heavy (non-hydrogen) atoms. The Hall–Kier alpha value is -3.35. The molecule has 0 bridgehead atoms. The van der Waals surface area contributed by atoms with Gasteiger partial charge in [-0.15, -0.1) is 0 Å². The fourth-order valence-corrected chi connectivity index (χ4v) is 3.94. The molecule has 0 radical (unpaired) electrons. The molecule has 3 heterocycles. The molecule has 7 nitrogen and oxygen atoms in total. The van der Waals surface area contributed by atoms with Crippen LogP contribution in [-0.2, 0) is 0 Å². The number of amides is 1. The highest BCUT2D eigenvalue weighted by molar-refractivity contribution is 6.07. The van der Waals surface area contributed by atoms with Gasteiger partial charge in [-0.3, -0.25) is 4.79 Å². The van der Waals surface area contributed by atoms with Gasteiger partial charge in [0.15, 0.2) is 5.65 Å². The van der Waals surface area contributed by atoms with Crippen molar-refractivity contribution >= 4 is 28.3 Å². The zero-order valence-electron chi connectivity index (χ0n) is 18.3. The summed E-state index contributed by atoms with van der Waals surface area (Å²) >= 11 is 0. The SMILES string of the molecule is COc1cc(Nc2c(C(=O)N3CCCCCC3)cnc3nc(C)ccc23)cc(OC)c1. The van der Waals surface area contributed by atoms with Crippen molar-refractivity contribution in [3.05, 3.63) is 47.8 Å². The fourth-order valence-electron chi connectivity index (χ4n) is 3.94. The van der Waals surface area contributed by atoms with E-state index in [1.54, 1.807) is 20.4 Å². The fraction of sp³-hybridized carbons (Fsp3) is 0.375. The van der Waals surface area contributed by atoms with Gasteiger partial charge in [-0.2, -0.15) is 0 Å². The van der Waals surface area contributed by atoms with Crippen molar-refractivity contribution in [2.75, 3.05) is 32.6 Å². The highest BCUT2D eigenvalue weighted by atomic mass is 16.5. The van der Waals surface area contributed by atoms with Crippen molar-refractivity contribution in [2.24, 2.45) is 0 Å². The van der Waals surface area contributed by atoms with Crippen LogP contribution in [0.3, 0.4) is 0 Å².